The Kier molecular flexibility index (Phi) is 8.29. The van der Waals surface area contributed by atoms with Gasteiger partial charge in [-0.05, 0) is 111 Å². The minimum atomic E-state index is 0.734. The zero-order chi connectivity index (χ0) is 26.4. The standard InChI is InChI=1S/C34H38N2O2S/c1-26(27-10-14-29(15-11-27)37-24-22-35-18-4-5-19-35)33-31-8-2-3-9-32(31)39-34(33)28-12-16-30(17-13-28)38-25-23-36-20-6-7-21-36/h2-3,8-17H,1,4-7,18-25H2. The number of benzene rings is 3. The Balaban J connectivity index is 1.17. The molecule has 2 fully saturated rings. The number of likely N-dealkylation sites (tertiary alicyclic amines) is 2. The van der Waals surface area contributed by atoms with Gasteiger partial charge in [0.25, 0.3) is 0 Å². The summed E-state index contributed by atoms with van der Waals surface area (Å²) in [6.07, 6.45) is 5.25. The van der Waals surface area contributed by atoms with Crippen LogP contribution in [0.3, 0.4) is 0 Å². The fourth-order valence-corrected chi connectivity index (χ4v) is 6.98. The summed E-state index contributed by atoms with van der Waals surface area (Å²) in [5.41, 5.74) is 4.56. The minimum Gasteiger partial charge on any atom is -0.492 e. The van der Waals surface area contributed by atoms with E-state index in [-0.39, 0.29) is 0 Å². The molecule has 0 aliphatic carbocycles. The SMILES string of the molecule is C=C(c1ccc(OCCN2CCCC2)cc1)c1c(-c2ccc(OCCN3CCCC3)cc2)sc2ccccc12. The molecule has 2 aliphatic heterocycles. The van der Waals surface area contributed by atoms with Gasteiger partial charge in [-0.1, -0.05) is 36.9 Å². The number of fused-ring (bicyclic) bond motifs is 1. The van der Waals surface area contributed by atoms with Crippen LogP contribution in [-0.4, -0.2) is 62.3 Å². The van der Waals surface area contributed by atoms with E-state index < -0.39 is 0 Å². The van der Waals surface area contributed by atoms with Crippen molar-refractivity contribution in [3.8, 4) is 21.9 Å². The highest BCUT2D eigenvalue weighted by Crippen LogP contribution is 2.44. The van der Waals surface area contributed by atoms with Crippen LogP contribution in [0.4, 0.5) is 0 Å². The van der Waals surface area contributed by atoms with Gasteiger partial charge in [-0.25, -0.2) is 0 Å². The second kappa shape index (κ2) is 12.4. The Bertz CT molecular complexity index is 1380. The van der Waals surface area contributed by atoms with Crippen LogP contribution in [0.2, 0.25) is 0 Å². The topological polar surface area (TPSA) is 24.9 Å². The first-order chi connectivity index (χ1) is 19.2. The highest BCUT2D eigenvalue weighted by atomic mass is 32.1. The van der Waals surface area contributed by atoms with E-state index in [9.17, 15) is 0 Å². The average molecular weight is 539 g/mol. The molecular formula is C34H38N2O2S. The molecule has 6 rings (SSSR count). The number of ether oxygens (including phenoxy) is 2. The molecule has 0 radical (unpaired) electrons. The summed E-state index contributed by atoms with van der Waals surface area (Å²) in [6.45, 7) is 12.9. The molecule has 202 valence electrons. The Hall–Kier alpha value is -3.12. The summed E-state index contributed by atoms with van der Waals surface area (Å²) in [5.74, 6) is 1.85. The predicted molar refractivity (Wildman–Crippen MR) is 164 cm³/mol. The molecule has 2 saturated heterocycles. The van der Waals surface area contributed by atoms with E-state index in [1.165, 1.54) is 78.0 Å². The number of hydrogen-bond acceptors (Lipinski definition) is 5. The molecule has 3 heterocycles. The number of thiophene rings is 1. The van der Waals surface area contributed by atoms with Crippen molar-refractivity contribution in [3.05, 3.63) is 90.5 Å². The fraction of sp³-hybridized carbons (Fsp3) is 0.353. The van der Waals surface area contributed by atoms with E-state index in [1.54, 1.807) is 0 Å². The summed E-state index contributed by atoms with van der Waals surface area (Å²) in [7, 11) is 0. The Morgan fingerprint density at radius 1 is 0.692 bits per heavy atom. The normalized spacial score (nSPS) is 16.2. The average Bonchev–Trinajstić information content (AvgIpc) is 3.75. The van der Waals surface area contributed by atoms with Gasteiger partial charge in [-0.2, -0.15) is 0 Å². The van der Waals surface area contributed by atoms with Crippen LogP contribution in [0.25, 0.3) is 26.1 Å². The van der Waals surface area contributed by atoms with Crippen molar-refractivity contribution in [1.82, 2.24) is 9.80 Å². The van der Waals surface area contributed by atoms with Gasteiger partial charge < -0.3 is 9.47 Å². The van der Waals surface area contributed by atoms with E-state index in [1.807, 2.05) is 11.3 Å². The molecule has 5 heteroatoms. The third-order valence-corrected chi connectivity index (χ3v) is 9.19. The lowest BCUT2D eigenvalue weighted by atomic mass is 9.94. The highest BCUT2D eigenvalue weighted by molar-refractivity contribution is 7.22. The van der Waals surface area contributed by atoms with Crippen LogP contribution in [0.15, 0.2) is 79.4 Å². The molecule has 0 bridgehead atoms. The maximum Gasteiger partial charge on any atom is 0.119 e. The molecule has 1 aromatic heterocycles. The first-order valence-electron chi connectivity index (χ1n) is 14.4. The van der Waals surface area contributed by atoms with Crippen molar-refractivity contribution in [2.45, 2.75) is 25.7 Å². The minimum absolute atomic E-state index is 0.734. The van der Waals surface area contributed by atoms with Gasteiger partial charge in [0.2, 0.25) is 0 Å². The van der Waals surface area contributed by atoms with Crippen LogP contribution in [-0.2, 0) is 0 Å². The number of rotatable bonds is 11. The summed E-state index contributed by atoms with van der Waals surface area (Å²) in [5, 5.41) is 1.25. The third kappa shape index (κ3) is 6.22. The molecule has 3 aromatic carbocycles. The zero-order valence-electron chi connectivity index (χ0n) is 22.7. The van der Waals surface area contributed by atoms with Crippen molar-refractivity contribution < 1.29 is 9.47 Å². The van der Waals surface area contributed by atoms with E-state index in [0.29, 0.717) is 0 Å². The Labute approximate surface area is 236 Å². The lowest BCUT2D eigenvalue weighted by Crippen LogP contribution is -2.25. The lowest BCUT2D eigenvalue weighted by molar-refractivity contribution is 0.237. The van der Waals surface area contributed by atoms with Gasteiger partial charge in [0, 0.05) is 33.6 Å². The third-order valence-electron chi connectivity index (χ3n) is 7.97. The van der Waals surface area contributed by atoms with Gasteiger partial charge in [0.15, 0.2) is 0 Å². The monoisotopic (exact) mass is 538 g/mol. The number of hydrogen-bond donors (Lipinski definition) is 0. The van der Waals surface area contributed by atoms with Crippen molar-refractivity contribution >= 4 is 27.0 Å². The zero-order valence-corrected chi connectivity index (χ0v) is 23.6. The molecule has 0 unspecified atom stereocenters. The molecule has 0 N–H and O–H groups in total. The van der Waals surface area contributed by atoms with Crippen molar-refractivity contribution in [2.24, 2.45) is 0 Å². The maximum absolute atomic E-state index is 6.06. The van der Waals surface area contributed by atoms with Crippen LogP contribution in [0, 0.1) is 0 Å². The predicted octanol–water partition coefficient (Wildman–Crippen LogP) is 7.58. The molecule has 0 atom stereocenters. The summed E-state index contributed by atoms with van der Waals surface area (Å²) in [6, 6.07) is 25.6. The molecule has 2 aliphatic rings. The molecule has 0 spiro atoms. The van der Waals surface area contributed by atoms with E-state index in [0.717, 1.165) is 48.9 Å². The van der Waals surface area contributed by atoms with Crippen molar-refractivity contribution in [2.75, 3.05) is 52.5 Å². The van der Waals surface area contributed by atoms with Crippen molar-refractivity contribution in [3.63, 3.8) is 0 Å². The van der Waals surface area contributed by atoms with Crippen LogP contribution >= 0.6 is 11.3 Å². The second-order valence-electron chi connectivity index (χ2n) is 10.6. The summed E-state index contributed by atoms with van der Waals surface area (Å²) >= 11 is 1.83. The van der Waals surface area contributed by atoms with E-state index in [2.05, 4.69) is 89.2 Å². The molecule has 4 aromatic rings. The van der Waals surface area contributed by atoms with Gasteiger partial charge in [0.1, 0.15) is 24.7 Å². The van der Waals surface area contributed by atoms with Crippen LogP contribution in [0.1, 0.15) is 36.8 Å². The van der Waals surface area contributed by atoms with E-state index in [4.69, 9.17) is 9.47 Å². The summed E-state index contributed by atoms with van der Waals surface area (Å²) < 4.78 is 13.4. The van der Waals surface area contributed by atoms with Gasteiger partial charge in [-0.15, -0.1) is 11.3 Å². The van der Waals surface area contributed by atoms with Crippen LogP contribution in [0.5, 0.6) is 11.5 Å². The Morgan fingerprint density at radius 2 is 1.23 bits per heavy atom. The Morgan fingerprint density at radius 3 is 1.82 bits per heavy atom. The fourth-order valence-electron chi connectivity index (χ4n) is 5.75. The number of nitrogens with zero attached hydrogens (tertiary/aromatic N) is 2. The summed E-state index contributed by atoms with van der Waals surface area (Å²) in [4.78, 5) is 6.21. The second-order valence-corrected chi connectivity index (χ2v) is 11.7. The van der Waals surface area contributed by atoms with E-state index >= 15 is 0 Å². The lowest BCUT2D eigenvalue weighted by Gasteiger charge is -2.15. The molecule has 0 saturated carbocycles. The van der Waals surface area contributed by atoms with Crippen molar-refractivity contribution in [1.29, 1.82) is 0 Å². The molecular weight excluding hydrogens is 500 g/mol. The highest BCUT2D eigenvalue weighted by Gasteiger charge is 2.18. The largest absolute Gasteiger partial charge is 0.492 e. The molecule has 0 amide bonds. The quantitative estimate of drug-likeness (QED) is 0.197. The first kappa shape index (κ1) is 26.1. The van der Waals surface area contributed by atoms with Gasteiger partial charge in [0.05, 0.1) is 0 Å². The maximum atomic E-state index is 6.06. The first-order valence-corrected chi connectivity index (χ1v) is 15.2. The van der Waals surface area contributed by atoms with Crippen LogP contribution < -0.4 is 9.47 Å². The molecule has 39 heavy (non-hydrogen) atoms. The van der Waals surface area contributed by atoms with Gasteiger partial charge in [-0.3, -0.25) is 9.80 Å². The van der Waals surface area contributed by atoms with Gasteiger partial charge >= 0.3 is 0 Å². The smallest absolute Gasteiger partial charge is 0.119 e. The molecule has 4 nitrogen and oxygen atoms in total.